The summed E-state index contributed by atoms with van der Waals surface area (Å²) in [6, 6.07) is 2.34. The Kier molecular flexibility index (Phi) is 2.63. The van der Waals surface area contributed by atoms with Crippen molar-refractivity contribution in [2.24, 2.45) is 0 Å². The average Bonchev–Trinajstić information content (AvgIpc) is 2.94. The number of aromatic amines is 1. The molecular weight excluding hydrogens is 194 g/mol. The molecule has 0 unspecified atom stereocenters. The summed E-state index contributed by atoms with van der Waals surface area (Å²) in [5, 5.41) is 18.3. The summed E-state index contributed by atoms with van der Waals surface area (Å²) in [7, 11) is 0. The van der Waals surface area contributed by atoms with Gasteiger partial charge in [-0.3, -0.25) is 4.79 Å². The molecule has 15 heavy (non-hydrogen) atoms. The quantitative estimate of drug-likeness (QED) is 0.767. The maximum atomic E-state index is 11.9. The molecule has 0 bridgehead atoms. The number of hydrogen-bond donors (Lipinski definition) is 1. The molecule has 1 aromatic heterocycles. The second-order valence-corrected chi connectivity index (χ2v) is 3.49. The molecule has 0 aliphatic heterocycles. The monoisotopic (exact) mass is 205 g/mol. The Bertz CT molecular complexity index is 376. The van der Waals surface area contributed by atoms with Gasteiger partial charge in [0, 0.05) is 12.6 Å². The highest BCUT2D eigenvalue weighted by Crippen LogP contribution is 2.27. The predicted molar refractivity (Wildman–Crippen MR) is 50.7 cm³/mol. The fourth-order valence-corrected chi connectivity index (χ4v) is 1.46. The normalized spacial score (nSPS) is 14.6. The Morgan fingerprint density at radius 3 is 3.07 bits per heavy atom. The van der Waals surface area contributed by atoms with Gasteiger partial charge in [0.05, 0.1) is 18.7 Å². The van der Waals surface area contributed by atoms with E-state index in [2.05, 4.69) is 15.4 Å². The van der Waals surface area contributed by atoms with Gasteiger partial charge in [-0.25, -0.2) is 0 Å². The first-order chi connectivity index (χ1) is 7.33. The van der Waals surface area contributed by atoms with Crippen LogP contribution >= 0.6 is 0 Å². The molecule has 1 aliphatic rings. The van der Waals surface area contributed by atoms with E-state index in [1.165, 1.54) is 6.20 Å². The molecule has 0 aromatic carbocycles. The van der Waals surface area contributed by atoms with E-state index in [-0.39, 0.29) is 5.91 Å². The molecule has 1 saturated carbocycles. The molecular formula is C9H11N5O. The number of amides is 1. The van der Waals surface area contributed by atoms with Gasteiger partial charge >= 0.3 is 0 Å². The first-order valence-corrected chi connectivity index (χ1v) is 4.86. The van der Waals surface area contributed by atoms with Crippen molar-refractivity contribution in [1.82, 2.24) is 20.3 Å². The summed E-state index contributed by atoms with van der Waals surface area (Å²) in [4.78, 5) is 13.6. The highest BCUT2D eigenvalue weighted by molar-refractivity contribution is 5.92. The Labute approximate surface area is 86.9 Å². The first-order valence-electron chi connectivity index (χ1n) is 4.86. The Balaban J connectivity index is 2.04. The van der Waals surface area contributed by atoms with Gasteiger partial charge in [0.15, 0.2) is 5.69 Å². The lowest BCUT2D eigenvalue weighted by molar-refractivity contribution is 0.0741. The van der Waals surface area contributed by atoms with Crippen molar-refractivity contribution in [3.8, 4) is 6.07 Å². The summed E-state index contributed by atoms with van der Waals surface area (Å²) in [5.74, 6) is -0.137. The number of rotatable bonds is 4. The number of aromatic nitrogens is 3. The van der Waals surface area contributed by atoms with E-state index in [9.17, 15) is 4.79 Å². The van der Waals surface area contributed by atoms with E-state index in [0.29, 0.717) is 24.7 Å². The minimum absolute atomic E-state index is 0.137. The van der Waals surface area contributed by atoms with Crippen molar-refractivity contribution < 1.29 is 4.79 Å². The van der Waals surface area contributed by atoms with Crippen LogP contribution in [0.5, 0.6) is 0 Å². The van der Waals surface area contributed by atoms with Crippen LogP contribution in [-0.2, 0) is 0 Å². The SMILES string of the molecule is N#CCCN(C(=O)c1cn[nH]n1)C1CC1. The largest absolute Gasteiger partial charge is 0.333 e. The third kappa shape index (κ3) is 2.13. The fourth-order valence-electron chi connectivity index (χ4n) is 1.46. The van der Waals surface area contributed by atoms with Gasteiger partial charge in [0.1, 0.15) is 0 Å². The number of carbonyl (C=O) groups excluding carboxylic acids is 1. The van der Waals surface area contributed by atoms with Crippen LogP contribution in [0.25, 0.3) is 0 Å². The van der Waals surface area contributed by atoms with Crippen LogP contribution in [-0.4, -0.2) is 38.8 Å². The van der Waals surface area contributed by atoms with E-state index < -0.39 is 0 Å². The topological polar surface area (TPSA) is 85.7 Å². The van der Waals surface area contributed by atoms with Gasteiger partial charge < -0.3 is 4.90 Å². The maximum absolute atomic E-state index is 11.9. The molecule has 0 spiro atoms. The second-order valence-electron chi connectivity index (χ2n) is 3.49. The first kappa shape index (κ1) is 9.65. The molecule has 0 saturated heterocycles. The summed E-state index contributed by atoms with van der Waals surface area (Å²) in [5.41, 5.74) is 0.319. The zero-order valence-corrected chi connectivity index (χ0v) is 8.18. The van der Waals surface area contributed by atoms with Crippen LogP contribution in [0.4, 0.5) is 0 Å². The number of H-pyrrole nitrogens is 1. The third-order valence-electron chi connectivity index (χ3n) is 2.35. The molecule has 1 aromatic rings. The molecule has 0 atom stereocenters. The molecule has 0 radical (unpaired) electrons. The van der Waals surface area contributed by atoms with E-state index in [4.69, 9.17) is 5.26 Å². The third-order valence-corrected chi connectivity index (χ3v) is 2.35. The van der Waals surface area contributed by atoms with E-state index in [0.717, 1.165) is 12.8 Å². The zero-order chi connectivity index (χ0) is 10.7. The highest BCUT2D eigenvalue weighted by atomic mass is 16.2. The second kappa shape index (κ2) is 4.09. The van der Waals surface area contributed by atoms with Gasteiger partial charge in [-0.2, -0.15) is 20.7 Å². The molecule has 78 valence electrons. The summed E-state index contributed by atoms with van der Waals surface area (Å²) < 4.78 is 0. The lowest BCUT2D eigenvalue weighted by Gasteiger charge is -2.19. The minimum Gasteiger partial charge on any atom is -0.333 e. The number of hydrogen-bond acceptors (Lipinski definition) is 4. The standard InChI is InChI=1S/C9H11N5O/c10-4-1-5-14(7-2-3-7)9(15)8-6-11-13-12-8/h6-7H,1-3,5H2,(H,11,12,13). The molecule has 1 fully saturated rings. The Morgan fingerprint density at radius 1 is 1.73 bits per heavy atom. The molecule has 1 heterocycles. The number of nitrogens with one attached hydrogen (secondary N) is 1. The van der Waals surface area contributed by atoms with E-state index in [1.807, 2.05) is 6.07 Å². The van der Waals surface area contributed by atoms with Crippen molar-refractivity contribution in [3.63, 3.8) is 0 Å². The van der Waals surface area contributed by atoms with Gasteiger partial charge in [-0.1, -0.05) is 0 Å². The smallest absolute Gasteiger partial charge is 0.276 e. The van der Waals surface area contributed by atoms with Gasteiger partial charge in [-0.05, 0) is 12.8 Å². The Hall–Kier alpha value is -1.90. The molecule has 1 amide bonds. The zero-order valence-electron chi connectivity index (χ0n) is 8.18. The van der Waals surface area contributed by atoms with Crippen LogP contribution in [0.15, 0.2) is 6.20 Å². The lowest BCUT2D eigenvalue weighted by Crippen LogP contribution is -2.34. The summed E-state index contributed by atoms with van der Waals surface area (Å²) in [6.07, 6.45) is 3.81. The van der Waals surface area contributed by atoms with Gasteiger partial charge in [0.25, 0.3) is 5.91 Å². The summed E-state index contributed by atoms with van der Waals surface area (Å²) in [6.45, 7) is 0.479. The summed E-state index contributed by atoms with van der Waals surface area (Å²) >= 11 is 0. The molecule has 1 N–H and O–H groups in total. The van der Waals surface area contributed by atoms with Crippen molar-refractivity contribution in [1.29, 1.82) is 5.26 Å². The van der Waals surface area contributed by atoms with Crippen molar-refractivity contribution in [2.45, 2.75) is 25.3 Å². The van der Waals surface area contributed by atoms with Crippen molar-refractivity contribution in [3.05, 3.63) is 11.9 Å². The maximum Gasteiger partial charge on any atom is 0.276 e. The molecule has 2 rings (SSSR count). The van der Waals surface area contributed by atoms with Crippen LogP contribution in [0.1, 0.15) is 29.8 Å². The van der Waals surface area contributed by atoms with Crippen LogP contribution < -0.4 is 0 Å². The highest BCUT2D eigenvalue weighted by Gasteiger charge is 2.33. The number of nitrogens with zero attached hydrogens (tertiary/aromatic N) is 4. The number of carbonyl (C=O) groups is 1. The average molecular weight is 205 g/mol. The van der Waals surface area contributed by atoms with E-state index >= 15 is 0 Å². The Morgan fingerprint density at radius 2 is 2.53 bits per heavy atom. The number of nitriles is 1. The van der Waals surface area contributed by atoms with Gasteiger partial charge in [-0.15, -0.1) is 0 Å². The lowest BCUT2D eigenvalue weighted by atomic mass is 10.3. The van der Waals surface area contributed by atoms with Crippen LogP contribution in [0.2, 0.25) is 0 Å². The minimum atomic E-state index is -0.137. The van der Waals surface area contributed by atoms with Crippen molar-refractivity contribution >= 4 is 5.91 Å². The fraction of sp³-hybridized carbons (Fsp3) is 0.556. The van der Waals surface area contributed by atoms with Crippen molar-refractivity contribution in [2.75, 3.05) is 6.54 Å². The molecule has 1 aliphatic carbocycles. The van der Waals surface area contributed by atoms with Crippen LogP contribution in [0.3, 0.4) is 0 Å². The molecule has 6 heteroatoms. The molecule has 6 nitrogen and oxygen atoms in total. The van der Waals surface area contributed by atoms with Crippen LogP contribution in [0, 0.1) is 11.3 Å². The van der Waals surface area contributed by atoms with Gasteiger partial charge in [0.2, 0.25) is 0 Å². The predicted octanol–water partition coefficient (Wildman–Crippen LogP) is 0.323. The van der Waals surface area contributed by atoms with E-state index in [1.54, 1.807) is 4.90 Å².